The molecule has 4 atom stereocenters. The van der Waals surface area contributed by atoms with E-state index in [9.17, 15) is 17.2 Å². The number of hydrogen-bond donors (Lipinski definition) is 2. The zero-order chi connectivity index (χ0) is 21.5. The molecule has 0 unspecified atom stereocenters. The zero-order valence-corrected chi connectivity index (χ0v) is 17.8. The maximum Gasteiger partial charge on any atom is 0.279 e. The second kappa shape index (κ2) is 8.33. The molecular weight excluding hydrogens is 416 g/mol. The number of fused-ring (bicyclic) bond motifs is 1. The Morgan fingerprint density at radius 1 is 1.17 bits per heavy atom. The summed E-state index contributed by atoms with van der Waals surface area (Å²) in [7, 11) is -0.450. The van der Waals surface area contributed by atoms with Crippen molar-refractivity contribution < 1.29 is 17.2 Å². The van der Waals surface area contributed by atoms with Gasteiger partial charge in [-0.05, 0) is 26.0 Å². The Hall–Kier alpha value is -1.89. The van der Waals surface area contributed by atoms with Crippen LogP contribution in [0.3, 0.4) is 0 Å². The number of rotatable bonds is 5. The fraction of sp³-hybridized carbons (Fsp3) is 0.667. The number of anilines is 1. The van der Waals surface area contributed by atoms with Gasteiger partial charge in [0.05, 0.1) is 12.1 Å². The molecule has 0 bridgehead atoms. The molecule has 9 nitrogen and oxygen atoms in total. The molecule has 0 amide bonds. The van der Waals surface area contributed by atoms with Gasteiger partial charge in [-0.25, -0.2) is 18.5 Å². The van der Waals surface area contributed by atoms with E-state index in [0.717, 1.165) is 16.2 Å². The Balaban J connectivity index is 1.51. The van der Waals surface area contributed by atoms with E-state index in [-0.39, 0.29) is 31.5 Å². The predicted octanol–water partition coefficient (Wildman–Crippen LogP) is 0.935. The van der Waals surface area contributed by atoms with Gasteiger partial charge in [-0.3, -0.25) is 0 Å². The molecule has 0 radical (unpaired) electrons. The number of likely N-dealkylation sites (tertiary alicyclic amines) is 1. The Morgan fingerprint density at radius 2 is 1.97 bits per heavy atom. The average molecular weight is 444 g/mol. The molecular formula is C18H27F2N7O2S. The summed E-state index contributed by atoms with van der Waals surface area (Å²) in [5, 5.41) is 3.79. The first-order valence-corrected chi connectivity index (χ1v) is 11.5. The van der Waals surface area contributed by atoms with Gasteiger partial charge in [-0.1, -0.05) is 0 Å². The standard InChI is InChI=1S/C18H27F2N7O2S/c1-21-30(28,29)26-7-4-15(13(19)11-26)23-18-22-9-12-3-8-27(17(12)24-18)16-5-6-25(2)10-14(16)20/h3,8-9,13-16,21H,4-7,10-11H2,1-2H3,(H,22,23,24)/t13-,14+,15-,16-/m1/s1. The summed E-state index contributed by atoms with van der Waals surface area (Å²) < 4.78 is 58.2. The van der Waals surface area contributed by atoms with E-state index in [1.165, 1.54) is 7.05 Å². The first-order chi connectivity index (χ1) is 14.3. The molecule has 2 saturated heterocycles. The van der Waals surface area contributed by atoms with E-state index in [4.69, 9.17) is 0 Å². The highest BCUT2D eigenvalue weighted by molar-refractivity contribution is 7.87. The van der Waals surface area contributed by atoms with Crippen molar-refractivity contribution in [3.8, 4) is 0 Å². The SMILES string of the molecule is CNS(=O)(=O)N1CC[C@@H](Nc2ncc3ccn([C@@H]4CCN(C)C[C@@H]4F)c3n2)[C@H](F)C1. The lowest BCUT2D eigenvalue weighted by Gasteiger charge is -2.34. The fourth-order valence-corrected chi connectivity index (χ4v) is 5.13. The summed E-state index contributed by atoms with van der Waals surface area (Å²) in [4.78, 5) is 10.8. The predicted molar refractivity (Wildman–Crippen MR) is 110 cm³/mol. The molecule has 4 rings (SSSR count). The molecule has 30 heavy (non-hydrogen) atoms. The van der Waals surface area contributed by atoms with Crippen molar-refractivity contribution in [1.29, 1.82) is 0 Å². The smallest absolute Gasteiger partial charge is 0.279 e. The quantitative estimate of drug-likeness (QED) is 0.714. The molecule has 0 aromatic carbocycles. The van der Waals surface area contributed by atoms with Crippen LogP contribution in [0.25, 0.3) is 11.0 Å². The van der Waals surface area contributed by atoms with Gasteiger partial charge in [0.1, 0.15) is 18.0 Å². The largest absolute Gasteiger partial charge is 0.348 e. The van der Waals surface area contributed by atoms with Crippen LogP contribution in [0.15, 0.2) is 18.5 Å². The van der Waals surface area contributed by atoms with Crippen molar-refractivity contribution >= 4 is 27.2 Å². The summed E-state index contributed by atoms with van der Waals surface area (Å²) in [5.41, 5.74) is 0.607. The maximum atomic E-state index is 14.7. The second-order valence-corrected chi connectivity index (χ2v) is 9.83. The summed E-state index contributed by atoms with van der Waals surface area (Å²) in [6.07, 6.45) is 2.02. The summed E-state index contributed by atoms with van der Waals surface area (Å²) in [6, 6.07) is 0.945. The molecule has 2 aromatic rings. The molecule has 2 aromatic heterocycles. The Morgan fingerprint density at radius 3 is 2.67 bits per heavy atom. The van der Waals surface area contributed by atoms with Crippen molar-refractivity contribution in [2.24, 2.45) is 0 Å². The molecule has 166 valence electrons. The van der Waals surface area contributed by atoms with Gasteiger partial charge >= 0.3 is 0 Å². The van der Waals surface area contributed by atoms with E-state index >= 15 is 0 Å². The number of alkyl halides is 2. The lowest BCUT2D eigenvalue weighted by atomic mass is 10.0. The third-order valence-corrected chi connectivity index (χ3v) is 7.47. The highest BCUT2D eigenvalue weighted by Gasteiger charge is 2.35. The van der Waals surface area contributed by atoms with E-state index in [1.54, 1.807) is 6.20 Å². The first-order valence-electron chi connectivity index (χ1n) is 10.0. The number of aromatic nitrogens is 3. The van der Waals surface area contributed by atoms with Gasteiger partial charge in [-0.2, -0.15) is 17.7 Å². The van der Waals surface area contributed by atoms with Crippen molar-refractivity contribution in [2.75, 3.05) is 45.6 Å². The van der Waals surface area contributed by atoms with Crippen LogP contribution in [0.2, 0.25) is 0 Å². The molecule has 2 fully saturated rings. The number of halogens is 2. The molecule has 0 aliphatic carbocycles. The fourth-order valence-electron chi connectivity index (χ4n) is 4.19. The lowest BCUT2D eigenvalue weighted by molar-refractivity contribution is 0.109. The first kappa shape index (κ1) is 21.3. The van der Waals surface area contributed by atoms with Crippen LogP contribution in [0.4, 0.5) is 14.7 Å². The lowest BCUT2D eigenvalue weighted by Crippen LogP contribution is -2.52. The van der Waals surface area contributed by atoms with Crippen LogP contribution in [-0.2, 0) is 10.2 Å². The minimum absolute atomic E-state index is 0.193. The highest BCUT2D eigenvalue weighted by Crippen LogP contribution is 2.29. The average Bonchev–Trinajstić information content (AvgIpc) is 3.12. The van der Waals surface area contributed by atoms with Crippen LogP contribution >= 0.6 is 0 Å². The van der Waals surface area contributed by atoms with Crippen LogP contribution in [-0.4, -0.2) is 90.8 Å². The summed E-state index contributed by atoms with van der Waals surface area (Å²) in [5.74, 6) is 0.253. The molecule has 2 aliphatic heterocycles. The third kappa shape index (κ3) is 4.13. The van der Waals surface area contributed by atoms with Crippen molar-refractivity contribution in [3.05, 3.63) is 18.5 Å². The van der Waals surface area contributed by atoms with Crippen LogP contribution in [0.1, 0.15) is 18.9 Å². The Bertz CT molecular complexity index is 1000. The van der Waals surface area contributed by atoms with Gasteiger partial charge < -0.3 is 14.8 Å². The van der Waals surface area contributed by atoms with Crippen molar-refractivity contribution in [3.63, 3.8) is 0 Å². The number of nitrogens with zero attached hydrogens (tertiary/aromatic N) is 5. The van der Waals surface area contributed by atoms with Gasteiger partial charge in [0.15, 0.2) is 0 Å². The van der Waals surface area contributed by atoms with Crippen LogP contribution in [0, 0.1) is 0 Å². The van der Waals surface area contributed by atoms with Gasteiger partial charge in [0.25, 0.3) is 10.2 Å². The van der Waals surface area contributed by atoms with Gasteiger partial charge in [0, 0.05) is 51.0 Å². The van der Waals surface area contributed by atoms with E-state index < -0.39 is 28.6 Å². The summed E-state index contributed by atoms with van der Waals surface area (Å²) >= 11 is 0. The van der Waals surface area contributed by atoms with Crippen molar-refractivity contribution in [1.82, 2.24) is 28.5 Å². The minimum Gasteiger partial charge on any atom is -0.348 e. The monoisotopic (exact) mass is 443 g/mol. The molecule has 2 N–H and O–H groups in total. The van der Waals surface area contributed by atoms with E-state index in [2.05, 4.69) is 20.0 Å². The topological polar surface area (TPSA) is 95.4 Å². The van der Waals surface area contributed by atoms with E-state index in [1.807, 2.05) is 28.8 Å². The van der Waals surface area contributed by atoms with E-state index in [0.29, 0.717) is 18.6 Å². The van der Waals surface area contributed by atoms with Crippen molar-refractivity contribution in [2.45, 2.75) is 37.3 Å². The molecule has 4 heterocycles. The second-order valence-electron chi connectivity index (χ2n) is 7.95. The summed E-state index contributed by atoms with van der Waals surface area (Å²) in [6.45, 7) is 1.13. The zero-order valence-electron chi connectivity index (χ0n) is 17.0. The molecule has 0 saturated carbocycles. The molecule has 2 aliphatic rings. The number of nitrogens with one attached hydrogen (secondary N) is 2. The minimum atomic E-state index is -3.66. The number of hydrogen-bond acceptors (Lipinski definition) is 6. The molecule has 0 spiro atoms. The highest BCUT2D eigenvalue weighted by atomic mass is 32.2. The Kier molecular flexibility index (Phi) is 5.93. The van der Waals surface area contributed by atoms with Gasteiger partial charge in [0.2, 0.25) is 5.95 Å². The maximum absolute atomic E-state index is 14.7. The third-order valence-electron chi connectivity index (χ3n) is 5.94. The number of piperidine rings is 2. The normalized spacial score (nSPS) is 29.3. The van der Waals surface area contributed by atoms with Gasteiger partial charge in [-0.15, -0.1) is 0 Å². The van der Waals surface area contributed by atoms with Crippen LogP contribution in [0.5, 0.6) is 0 Å². The Labute approximate surface area is 174 Å². The van der Waals surface area contributed by atoms with Crippen LogP contribution < -0.4 is 10.0 Å². The molecule has 12 heteroatoms.